The third kappa shape index (κ3) is 2.25. The summed E-state index contributed by atoms with van der Waals surface area (Å²) in [7, 11) is 0. The van der Waals surface area contributed by atoms with E-state index < -0.39 is 0 Å². The molecule has 1 aromatic heterocycles. The molecule has 4 heteroatoms. The molecule has 1 heterocycles. The minimum atomic E-state index is 0.228. The van der Waals surface area contributed by atoms with Crippen molar-refractivity contribution in [2.24, 2.45) is 0 Å². The summed E-state index contributed by atoms with van der Waals surface area (Å²) in [4.78, 5) is 13.5. The lowest BCUT2D eigenvalue weighted by molar-refractivity contribution is 0.112. The molecule has 0 aliphatic rings. The lowest BCUT2D eigenvalue weighted by Crippen LogP contribution is -1.87. The lowest BCUT2D eigenvalue weighted by Gasteiger charge is -1.99. The predicted octanol–water partition coefficient (Wildman–Crippen LogP) is 2.78. The van der Waals surface area contributed by atoms with Gasteiger partial charge in [0.25, 0.3) is 0 Å². The van der Waals surface area contributed by atoms with Crippen molar-refractivity contribution in [3.05, 3.63) is 52.3 Å². The lowest BCUT2D eigenvalue weighted by atomic mass is 10.1. The van der Waals surface area contributed by atoms with Gasteiger partial charge in [-0.25, -0.2) is 0 Å². The second-order valence-electron chi connectivity index (χ2n) is 3.53. The van der Waals surface area contributed by atoms with Crippen LogP contribution in [-0.2, 0) is 6.42 Å². The largest absolute Gasteiger partial charge is 0.508 e. The van der Waals surface area contributed by atoms with Crippen LogP contribution in [0.15, 0.2) is 30.3 Å². The van der Waals surface area contributed by atoms with E-state index in [0.717, 1.165) is 11.3 Å². The molecule has 0 bridgehead atoms. The Morgan fingerprint density at radius 3 is 2.81 bits per heavy atom. The number of phenols is 1. The number of rotatable bonds is 3. The molecule has 0 spiro atoms. The summed E-state index contributed by atoms with van der Waals surface area (Å²) in [6, 6.07) is 8.67. The quantitative estimate of drug-likeness (QED) is 0.804. The van der Waals surface area contributed by atoms with Crippen LogP contribution in [0.2, 0.25) is 5.15 Å². The molecular formula is C12H10ClNO2. The molecule has 0 amide bonds. The van der Waals surface area contributed by atoms with Gasteiger partial charge in [-0.2, -0.15) is 0 Å². The van der Waals surface area contributed by atoms with E-state index in [1.54, 1.807) is 24.3 Å². The second kappa shape index (κ2) is 4.41. The van der Waals surface area contributed by atoms with Crippen LogP contribution in [0.25, 0.3) is 0 Å². The summed E-state index contributed by atoms with van der Waals surface area (Å²) in [5, 5.41) is 9.66. The first kappa shape index (κ1) is 10.8. The fourth-order valence-electron chi connectivity index (χ4n) is 1.57. The van der Waals surface area contributed by atoms with Gasteiger partial charge in [0.2, 0.25) is 0 Å². The Kier molecular flexibility index (Phi) is 2.97. The average molecular weight is 236 g/mol. The second-order valence-corrected chi connectivity index (χ2v) is 3.91. The number of benzene rings is 1. The van der Waals surface area contributed by atoms with Gasteiger partial charge in [-0.1, -0.05) is 23.7 Å². The number of aromatic hydroxyl groups is 1. The van der Waals surface area contributed by atoms with Crippen LogP contribution < -0.4 is 0 Å². The summed E-state index contributed by atoms with van der Waals surface area (Å²) in [5.41, 5.74) is 2.25. The maximum atomic E-state index is 10.6. The highest BCUT2D eigenvalue weighted by molar-refractivity contribution is 6.31. The summed E-state index contributed by atoms with van der Waals surface area (Å²) < 4.78 is 0. The van der Waals surface area contributed by atoms with Crippen molar-refractivity contribution in [3.63, 3.8) is 0 Å². The van der Waals surface area contributed by atoms with Crippen LogP contribution >= 0.6 is 11.6 Å². The van der Waals surface area contributed by atoms with E-state index in [4.69, 9.17) is 11.6 Å². The first-order valence-electron chi connectivity index (χ1n) is 4.79. The van der Waals surface area contributed by atoms with Crippen molar-refractivity contribution in [1.82, 2.24) is 4.98 Å². The number of nitrogens with one attached hydrogen (secondary N) is 1. The fraction of sp³-hybridized carbons (Fsp3) is 0.0833. The number of hydrogen-bond acceptors (Lipinski definition) is 2. The summed E-state index contributed by atoms with van der Waals surface area (Å²) in [6.07, 6.45) is 1.31. The highest BCUT2D eigenvalue weighted by atomic mass is 35.5. The van der Waals surface area contributed by atoms with Crippen molar-refractivity contribution in [2.75, 3.05) is 0 Å². The Balaban J connectivity index is 2.23. The van der Waals surface area contributed by atoms with Gasteiger partial charge in [-0.3, -0.25) is 4.79 Å². The van der Waals surface area contributed by atoms with Crippen LogP contribution in [-0.4, -0.2) is 16.4 Å². The van der Waals surface area contributed by atoms with Gasteiger partial charge < -0.3 is 10.1 Å². The zero-order valence-electron chi connectivity index (χ0n) is 8.40. The van der Waals surface area contributed by atoms with E-state index >= 15 is 0 Å². The minimum Gasteiger partial charge on any atom is -0.508 e. The van der Waals surface area contributed by atoms with Crippen LogP contribution in [0.1, 0.15) is 21.6 Å². The topological polar surface area (TPSA) is 53.1 Å². The van der Waals surface area contributed by atoms with E-state index in [1.165, 1.54) is 0 Å². The highest BCUT2D eigenvalue weighted by Gasteiger charge is 2.05. The smallest absolute Gasteiger partial charge is 0.153 e. The summed E-state index contributed by atoms with van der Waals surface area (Å²) in [5.74, 6) is 0.228. The fourth-order valence-corrected chi connectivity index (χ4v) is 1.79. The average Bonchev–Trinajstić information content (AvgIpc) is 2.58. The molecule has 0 aliphatic heterocycles. The monoisotopic (exact) mass is 235 g/mol. The number of H-pyrrole nitrogens is 1. The van der Waals surface area contributed by atoms with E-state index in [1.807, 2.05) is 6.07 Å². The Bertz CT molecular complexity index is 519. The number of aldehydes is 1. The SMILES string of the molecule is O=Cc1cc(Cc2cccc(O)c2)[nH]c1Cl. The maximum absolute atomic E-state index is 10.6. The van der Waals surface area contributed by atoms with Gasteiger partial charge in [0, 0.05) is 12.1 Å². The van der Waals surface area contributed by atoms with Gasteiger partial charge in [0.15, 0.2) is 6.29 Å². The molecule has 2 rings (SSSR count). The summed E-state index contributed by atoms with van der Waals surface area (Å²) >= 11 is 5.81. The predicted molar refractivity (Wildman–Crippen MR) is 62.1 cm³/mol. The number of aromatic amines is 1. The molecular weight excluding hydrogens is 226 g/mol. The van der Waals surface area contributed by atoms with Crippen molar-refractivity contribution < 1.29 is 9.90 Å². The Hall–Kier alpha value is -1.74. The van der Waals surface area contributed by atoms with E-state index in [2.05, 4.69) is 4.98 Å². The zero-order chi connectivity index (χ0) is 11.5. The molecule has 2 N–H and O–H groups in total. The highest BCUT2D eigenvalue weighted by Crippen LogP contribution is 2.19. The van der Waals surface area contributed by atoms with Crippen molar-refractivity contribution in [2.45, 2.75) is 6.42 Å². The standard InChI is InChI=1S/C12H10ClNO2/c13-12-9(7-15)6-10(14-12)4-8-2-1-3-11(16)5-8/h1-3,5-7,14,16H,4H2. The molecule has 0 saturated heterocycles. The van der Waals surface area contributed by atoms with E-state index in [9.17, 15) is 9.90 Å². The van der Waals surface area contributed by atoms with Gasteiger partial charge in [-0.15, -0.1) is 0 Å². The van der Waals surface area contributed by atoms with Gasteiger partial charge >= 0.3 is 0 Å². The molecule has 0 atom stereocenters. The van der Waals surface area contributed by atoms with Crippen LogP contribution in [0, 0.1) is 0 Å². The minimum absolute atomic E-state index is 0.228. The molecule has 0 radical (unpaired) electrons. The molecule has 1 aromatic carbocycles. The molecule has 0 fully saturated rings. The van der Waals surface area contributed by atoms with Gasteiger partial charge in [-0.05, 0) is 23.8 Å². The number of carbonyl (C=O) groups is 1. The molecule has 16 heavy (non-hydrogen) atoms. The van der Waals surface area contributed by atoms with Crippen molar-refractivity contribution in [1.29, 1.82) is 0 Å². The van der Waals surface area contributed by atoms with Crippen LogP contribution in [0.5, 0.6) is 5.75 Å². The van der Waals surface area contributed by atoms with Gasteiger partial charge in [0.1, 0.15) is 10.9 Å². The first-order chi connectivity index (χ1) is 7.69. The number of aromatic nitrogens is 1. The molecule has 0 unspecified atom stereocenters. The van der Waals surface area contributed by atoms with E-state index in [-0.39, 0.29) is 5.75 Å². The molecule has 0 aliphatic carbocycles. The summed E-state index contributed by atoms with van der Waals surface area (Å²) in [6.45, 7) is 0. The third-order valence-electron chi connectivity index (χ3n) is 2.29. The van der Waals surface area contributed by atoms with Crippen molar-refractivity contribution >= 4 is 17.9 Å². The number of phenolic OH excluding ortho intramolecular Hbond substituents is 1. The molecule has 3 nitrogen and oxygen atoms in total. The normalized spacial score (nSPS) is 10.3. The first-order valence-corrected chi connectivity index (χ1v) is 5.17. The molecule has 0 saturated carbocycles. The Morgan fingerprint density at radius 2 is 2.19 bits per heavy atom. The van der Waals surface area contributed by atoms with E-state index in [0.29, 0.717) is 23.4 Å². The number of halogens is 1. The third-order valence-corrected chi connectivity index (χ3v) is 2.60. The molecule has 82 valence electrons. The van der Waals surface area contributed by atoms with Gasteiger partial charge in [0.05, 0.1) is 5.56 Å². The number of carbonyl (C=O) groups excluding carboxylic acids is 1. The number of hydrogen-bond donors (Lipinski definition) is 2. The zero-order valence-corrected chi connectivity index (χ0v) is 9.16. The van der Waals surface area contributed by atoms with Crippen LogP contribution in [0.4, 0.5) is 0 Å². The van der Waals surface area contributed by atoms with Crippen molar-refractivity contribution in [3.8, 4) is 5.75 Å². The molecule has 2 aromatic rings. The van der Waals surface area contributed by atoms with Crippen LogP contribution in [0.3, 0.4) is 0 Å². The Morgan fingerprint density at radius 1 is 1.38 bits per heavy atom. The Labute approximate surface area is 97.7 Å². The maximum Gasteiger partial charge on any atom is 0.153 e.